The number of thiol groups is 1. The van der Waals surface area contributed by atoms with Crippen LogP contribution in [0.2, 0.25) is 0 Å². The Morgan fingerprint density at radius 1 is 1.16 bits per heavy atom. The Labute approximate surface area is 269 Å². The number of aromatic nitrogens is 3. The summed E-state index contributed by atoms with van der Waals surface area (Å²) in [6.07, 6.45) is 4.55. The summed E-state index contributed by atoms with van der Waals surface area (Å²) in [5.41, 5.74) is 2.40. The van der Waals surface area contributed by atoms with E-state index in [9.17, 15) is 14.4 Å². The van der Waals surface area contributed by atoms with Crippen LogP contribution in [-0.4, -0.2) is 87.2 Å². The number of piperidine rings is 1. The molecule has 244 valence electrons. The quantitative estimate of drug-likeness (QED) is 0.290. The maximum atomic E-state index is 15.3. The number of amides is 2. The topological polar surface area (TPSA) is 107 Å². The van der Waals surface area contributed by atoms with Crippen molar-refractivity contribution in [3.63, 3.8) is 0 Å². The summed E-state index contributed by atoms with van der Waals surface area (Å²) >= 11 is 4.65. The maximum Gasteiger partial charge on any atom is 0.327 e. The van der Waals surface area contributed by atoms with E-state index in [1.54, 1.807) is 32.7 Å². The first-order valence-corrected chi connectivity index (χ1v) is 16.5. The molecule has 0 bridgehead atoms. The number of carbonyl (C=O) groups is 2. The average Bonchev–Trinajstić information content (AvgIpc) is 3.62. The van der Waals surface area contributed by atoms with Crippen LogP contribution in [0.3, 0.4) is 0 Å². The number of likely N-dealkylation sites (tertiary alicyclic amines) is 1. The Hall–Kier alpha value is -3.38. The minimum Gasteiger partial charge on any atom is -0.367 e. The van der Waals surface area contributed by atoms with Gasteiger partial charge in [-0.2, -0.15) is 12.6 Å². The zero-order chi connectivity index (χ0) is 32.3. The van der Waals surface area contributed by atoms with Crippen LogP contribution >= 0.6 is 12.6 Å². The van der Waals surface area contributed by atoms with E-state index in [1.807, 2.05) is 19.2 Å². The van der Waals surface area contributed by atoms with Crippen LogP contribution in [-0.2, 0) is 16.1 Å². The minimum absolute atomic E-state index is 0.0205. The lowest BCUT2D eigenvalue weighted by atomic mass is 9.92. The fourth-order valence-corrected chi connectivity index (χ4v) is 6.79. The summed E-state index contributed by atoms with van der Waals surface area (Å²) in [7, 11) is 1.92. The lowest BCUT2D eigenvalue weighted by Crippen LogP contribution is -2.44. The number of H-pyrrole nitrogens is 1. The van der Waals surface area contributed by atoms with E-state index >= 15 is 4.39 Å². The molecule has 2 aliphatic heterocycles. The molecular weight excluding hydrogens is 593 g/mol. The van der Waals surface area contributed by atoms with Gasteiger partial charge in [0, 0.05) is 64.0 Å². The van der Waals surface area contributed by atoms with Gasteiger partial charge in [0.15, 0.2) is 5.65 Å². The number of aromatic amines is 1. The van der Waals surface area contributed by atoms with Crippen molar-refractivity contribution >= 4 is 41.3 Å². The molecule has 5 rings (SSSR count). The number of benzene rings is 1. The number of nitrogens with zero attached hydrogens (tertiary/aromatic N) is 5. The molecule has 10 nitrogen and oxygen atoms in total. The van der Waals surface area contributed by atoms with Crippen molar-refractivity contribution in [2.24, 2.45) is 5.41 Å². The second-order valence-electron chi connectivity index (χ2n) is 13.5. The Morgan fingerprint density at radius 2 is 1.91 bits per heavy atom. The number of pyridine rings is 1. The average molecular weight is 640 g/mol. The highest BCUT2D eigenvalue weighted by Crippen LogP contribution is 2.31. The lowest BCUT2D eigenvalue weighted by Gasteiger charge is -2.34. The molecule has 2 saturated heterocycles. The van der Waals surface area contributed by atoms with Gasteiger partial charge < -0.3 is 20.0 Å². The minimum atomic E-state index is -0.824. The highest BCUT2D eigenvalue weighted by Gasteiger charge is 2.32. The molecule has 0 aliphatic carbocycles. The van der Waals surface area contributed by atoms with Gasteiger partial charge in [0.1, 0.15) is 5.82 Å². The molecule has 3 aromatic rings. The first-order valence-electron chi connectivity index (χ1n) is 15.9. The monoisotopic (exact) mass is 639 g/mol. The predicted octanol–water partition coefficient (Wildman–Crippen LogP) is 3.98. The van der Waals surface area contributed by atoms with E-state index in [0.29, 0.717) is 50.4 Å². The molecule has 2 atom stereocenters. The van der Waals surface area contributed by atoms with E-state index in [4.69, 9.17) is 0 Å². The number of fused-ring (bicyclic) bond motifs is 1. The molecular formula is C33H46FN7O3S. The molecule has 2 aromatic heterocycles. The summed E-state index contributed by atoms with van der Waals surface area (Å²) < 4.78 is 17.0. The molecule has 0 radical (unpaired) electrons. The van der Waals surface area contributed by atoms with Crippen molar-refractivity contribution in [3.05, 3.63) is 58.4 Å². The molecule has 4 heterocycles. The van der Waals surface area contributed by atoms with Gasteiger partial charge >= 0.3 is 5.69 Å². The number of likely N-dealkylation sites (N-methyl/N-ethyl adjacent to an activating group) is 1. The normalized spacial score (nSPS) is 18.5. The van der Waals surface area contributed by atoms with Crippen molar-refractivity contribution in [1.29, 1.82) is 0 Å². The second-order valence-corrected chi connectivity index (χ2v) is 14.2. The zero-order valence-corrected chi connectivity index (χ0v) is 27.7. The molecule has 2 amide bonds. The number of carbonyl (C=O) groups excluding carboxylic acids is 2. The van der Waals surface area contributed by atoms with Crippen LogP contribution in [0.4, 0.5) is 10.1 Å². The molecule has 2 aliphatic rings. The predicted molar refractivity (Wildman–Crippen MR) is 178 cm³/mol. The first kappa shape index (κ1) is 33.0. The van der Waals surface area contributed by atoms with Crippen LogP contribution in [0, 0.1) is 11.2 Å². The number of hydrogen-bond donors (Lipinski definition) is 3. The molecule has 2 fully saturated rings. The van der Waals surface area contributed by atoms with Gasteiger partial charge in [-0.15, -0.1) is 0 Å². The van der Waals surface area contributed by atoms with Crippen molar-refractivity contribution in [1.82, 2.24) is 29.7 Å². The highest BCUT2D eigenvalue weighted by atomic mass is 32.1. The highest BCUT2D eigenvalue weighted by molar-refractivity contribution is 7.81. The fraction of sp³-hybridized carbons (Fsp3) is 0.576. The van der Waals surface area contributed by atoms with Gasteiger partial charge in [-0.1, -0.05) is 32.9 Å². The third kappa shape index (κ3) is 7.71. The third-order valence-electron chi connectivity index (χ3n) is 9.11. The van der Waals surface area contributed by atoms with Crippen LogP contribution in [0.1, 0.15) is 64.5 Å². The van der Waals surface area contributed by atoms with E-state index in [-0.39, 0.29) is 53.8 Å². The molecule has 12 heteroatoms. The van der Waals surface area contributed by atoms with E-state index in [0.717, 1.165) is 30.5 Å². The van der Waals surface area contributed by atoms with Gasteiger partial charge in [-0.3, -0.25) is 19.1 Å². The van der Waals surface area contributed by atoms with Gasteiger partial charge in [-0.05, 0) is 61.9 Å². The number of halogens is 1. The van der Waals surface area contributed by atoms with Crippen LogP contribution < -0.4 is 15.9 Å². The molecule has 0 saturated carbocycles. The lowest BCUT2D eigenvalue weighted by molar-refractivity contribution is -0.137. The Kier molecular flexibility index (Phi) is 10.2. The van der Waals surface area contributed by atoms with E-state index in [1.165, 1.54) is 6.07 Å². The van der Waals surface area contributed by atoms with Crippen molar-refractivity contribution < 1.29 is 14.0 Å². The van der Waals surface area contributed by atoms with Crippen LogP contribution in [0.25, 0.3) is 11.2 Å². The number of nitrogens with one attached hydrogen (secondary N) is 2. The summed E-state index contributed by atoms with van der Waals surface area (Å²) in [6, 6.07) is 8.98. The molecule has 1 aromatic carbocycles. The Morgan fingerprint density at radius 3 is 2.60 bits per heavy atom. The SMILES string of the molecule is CNC1CCN(c2c(F)cccc2CN(CCC(C)(C)C)C(=O)[C@@H](S)CC(=O)N2CCC(n3c(=O)[nH]c4ncccc43)CC2)C1. The largest absolute Gasteiger partial charge is 0.367 e. The van der Waals surface area contributed by atoms with Crippen LogP contribution in [0.15, 0.2) is 41.3 Å². The number of anilines is 1. The fourth-order valence-electron chi connectivity index (χ4n) is 6.47. The van der Waals surface area contributed by atoms with Gasteiger partial charge in [-0.25, -0.2) is 14.2 Å². The standard InChI is InChI=1S/C33H46FN7O3S/c1-33(2,3)13-18-40(20-22-7-5-8-25(34)29(22)39-15-10-23(21-39)35-4)31(43)27(45)19-28(42)38-16-11-24(12-17-38)41-26-9-6-14-36-30(26)37-32(41)44/h5-9,14,23-24,27,35,45H,10-13,15-21H2,1-4H3,(H,36,37,44)/t23?,27-/m0/s1. The van der Waals surface area contributed by atoms with Crippen molar-refractivity contribution in [3.8, 4) is 0 Å². The summed E-state index contributed by atoms with van der Waals surface area (Å²) in [6.45, 7) is 9.50. The van der Waals surface area contributed by atoms with E-state index < -0.39 is 5.25 Å². The molecule has 1 unspecified atom stereocenters. The van der Waals surface area contributed by atoms with E-state index in [2.05, 4.69) is 53.6 Å². The number of hydrogen-bond acceptors (Lipinski definition) is 7. The zero-order valence-electron chi connectivity index (χ0n) is 26.8. The third-order valence-corrected chi connectivity index (χ3v) is 9.52. The number of imidazole rings is 1. The number of rotatable bonds is 10. The van der Waals surface area contributed by atoms with Crippen molar-refractivity contribution in [2.45, 2.75) is 76.8 Å². The van der Waals surface area contributed by atoms with Gasteiger partial charge in [0.2, 0.25) is 11.8 Å². The molecule has 0 spiro atoms. The van der Waals surface area contributed by atoms with Crippen LogP contribution in [0.5, 0.6) is 0 Å². The molecule has 2 N–H and O–H groups in total. The van der Waals surface area contributed by atoms with Gasteiger partial charge in [0.25, 0.3) is 0 Å². The second kappa shape index (κ2) is 13.9. The number of para-hydroxylation sites is 1. The molecule has 45 heavy (non-hydrogen) atoms. The summed E-state index contributed by atoms with van der Waals surface area (Å²) in [5.74, 6) is -0.653. The maximum absolute atomic E-state index is 15.3. The van der Waals surface area contributed by atoms with Crippen molar-refractivity contribution in [2.75, 3.05) is 44.7 Å². The smallest absolute Gasteiger partial charge is 0.327 e. The Bertz CT molecular complexity index is 1560. The summed E-state index contributed by atoms with van der Waals surface area (Å²) in [4.78, 5) is 52.5. The first-order chi connectivity index (χ1) is 21.4. The summed E-state index contributed by atoms with van der Waals surface area (Å²) in [5, 5.41) is 2.46. The van der Waals surface area contributed by atoms with Gasteiger partial charge in [0.05, 0.1) is 16.5 Å². The Balaban J connectivity index is 1.25.